The third-order valence-electron chi connectivity index (χ3n) is 3.35. The molecule has 5 nitrogen and oxygen atoms in total. The second kappa shape index (κ2) is 6.89. The molecule has 0 radical (unpaired) electrons. The summed E-state index contributed by atoms with van der Waals surface area (Å²) >= 11 is 1.34. The van der Waals surface area contributed by atoms with Gasteiger partial charge in [0.05, 0.1) is 6.61 Å². The van der Waals surface area contributed by atoms with Gasteiger partial charge in [0.15, 0.2) is 0 Å². The van der Waals surface area contributed by atoms with Crippen molar-refractivity contribution in [2.75, 3.05) is 6.61 Å². The Morgan fingerprint density at radius 1 is 1.15 bits per heavy atom. The van der Waals surface area contributed by atoms with Gasteiger partial charge in [0.1, 0.15) is 29.9 Å². The third-order valence-corrected chi connectivity index (χ3v) is 4.56. The molecule has 4 N–H and O–H groups in total. The maximum Gasteiger partial charge on any atom is 0.132 e. The molecule has 5 atom stereocenters. The van der Waals surface area contributed by atoms with Gasteiger partial charge in [0.25, 0.3) is 0 Å². The largest absolute Gasteiger partial charge is 0.394 e. The van der Waals surface area contributed by atoms with Gasteiger partial charge in [-0.2, -0.15) is 0 Å². The summed E-state index contributed by atoms with van der Waals surface area (Å²) in [6.45, 7) is 1.61. The number of aliphatic hydroxyl groups excluding tert-OH is 4. The molecule has 0 aromatic heterocycles. The van der Waals surface area contributed by atoms with E-state index in [1.807, 2.05) is 31.2 Å². The first-order valence-corrected chi connectivity index (χ1v) is 7.55. The number of benzene rings is 1. The lowest BCUT2D eigenvalue weighted by Crippen LogP contribution is -2.57. The van der Waals surface area contributed by atoms with Crippen molar-refractivity contribution in [3.63, 3.8) is 0 Å². The Hall–Kier alpha value is -0.630. The van der Waals surface area contributed by atoms with Gasteiger partial charge in [-0.25, -0.2) is 0 Å². The molecule has 112 valence electrons. The molecule has 1 fully saturated rings. The van der Waals surface area contributed by atoms with Gasteiger partial charge in [0, 0.05) is 5.75 Å². The first-order chi connectivity index (χ1) is 9.52. The summed E-state index contributed by atoms with van der Waals surface area (Å²) in [5, 5.41) is 38.4. The number of aliphatic hydroxyl groups is 4. The van der Waals surface area contributed by atoms with Gasteiger partial charge in [-0.3, -0.25) is 0 Å². The average Bonchev–Trinajstić information content (AvgIpc) is 2.44. The zero-order chi connectivity index (χ0) is 14.7. The molecule has 1 aromatic rings. The zero-order valence-corrected chi connectivity index (χ0v) is 12.0. The summed E-state index contributed by atoms with van der Waals surface area (Å²) in [6.07, 6.45) is -4.63. The van der Waals surface area contributed by atoms with Crippen molar-refractivity contribution in [1.29, 1.82) is 0 Å². The lowest BCUT2D eigenvalue weighted by atomic mass is 10.0. The Kier molecular flexibility index (Phi) is 5.42. The van der Waals surface area contributed by atoms with Crippen LogP contribution >= 0.6 is 11.8 Å². The first kappa shape index (κ1) is 15.8. The fraction of sp³-hybridized carbons (Fsp3) is 0.571. The van der Waals surface area contributed by atoms with Crippen LogP contribution < -0.4 is 0 Å². The molecule has 0 saturated carbocycles. The minimum atomic E-state index is -1.31. The highest BCUT2D eigenvalue weighted by Crippen LogP contribution is 2.30. The summed E-state index contributed by atoms with van der Waals surface area (Å²) in [6, 6.07) is 7.97. The van der Waals surface area contributed by atoms with Crippen molar-refractivity contribution >= 4 is 11.8 Å². The van der Waals surface area contributed by atoms with E-state index in [-0.39, 0.29) is 0 Å². The van der Waals surface area contributed by atoms with E-state index in [2.05, 4.69) is 0 Å². The number of ether oxygens (including phenoxy) is 1. The quantitative estimate of drug-likeness (QED) is 0.627. The monoisotopic (exact) mass is 300 g/mol. The second-order valence-corrected chi connectivity index (χ2v) is 6.08. The molecular formula is C14H20O5S. The van der Waals surface area contributed by atoms with Gasteiger partial charge in [-0.05, 0) is 12.5 Å². The number of aryl methyl sites for hydroxylation is 1. The molecule has 1 aromatic carbocycles. The van der Waals surface area contributed by atoms with Crippen LogP contribution in [0.1, 0.15) is 11.1 Å². The van der Waals surface area contributed by atoms with E-state index in [1.54, 1.807) is 0 Å². The lowest BCUT2D eigenvalue weighted by Gasteiger charge is -2.39. The summed E-state index contributed by atoms with van der Waals surface area (Å²) in [5.41, 5.74) is 1.56. The van der Waals surface area contributed by atoms with Gasteiger partial charge in [0.2, 0.25) is 0 Å². The van der Waals surface area contributed by atoms with Crippen molar-refractivity contribution in [2.45, 2.75) is 42.5 Å². The van der Waals surface area contributed by atoms with Crippen LogP contribution in [0.5, 0.6) is 0 Å². The van der Waals surface area contributed by atoms with Crippen LogP contribution in [0.4, 0.5) is 0 Å². The van der Waals surface area contributed by atoms with Crippen molar-refractivity contribution in [3.05, 3.63) is 35.4 Å². The minimum absolute atomic E-state index is 0.396. The summed E-state index contributed by atoms with van der Waals surface area (Å²) in [7, 11) is 0. The highest BCUT2D eigenvalue weighted by Gasteiger charge is 2.43. The average molecular weight is 300 g/mol. The molecule has 0 amide bonds. The van der Waals surface area contributed by atoms with Crippen molar-refractivity contribution in [3.8, 4) is 0 Å². The maximum atomic E-state index is 9.92. The van der Waals surface area contributed by atoms with Crippen LogP contribution in [-0.2, 0) is 10.5 Å². The fourth-order valence-corrected chi connectivity index (χ4v) is 3.30. The van der Waals surface area contributed by atoms with Crippen LogP contribution in [0, 0.1) is 6.92 Å². The molecule has 1 aliphatic heterocycles. The Bertz CT molecular complexity index is 439. The van der Waals surface area contributed by atoms with Crippen LogP contribution in [0.2, 0.25) is 0 Å². The summed E-state index contributed by atoms with van der Waals surface area (Å²) in [5.74, 6) is 0.615. The maximum absolute atomic E-state index is 9.92. The van der Waals surface area contributed by atoms with Crippen molar-refractivity contribution in [2.24, 2.45) is 0 Å². The van der Waals surface area contributed by atoms with Crippen molar-refractivity contribution in [1.82, 2.24) is 0 Å². The number of rotatable bonds is 4. The van der Waals surface area contributed by atoms with Crippen LogP contribution in [0.15, 0.2) is 24.3 Å². The highest BCUT2D eigenvalue weighted by atomic mass is 32.2. The predicted octanol–water partition coefficient (Wildman–Crippen LogP) is 0.0281. The Morgan fingerprint density at radius 3 is 2.55 bits per heavy atom. The summed E-state index contributed by atoms with van der Waals surface area (Å²) in [4.78, 5) is 0. The van der Waals surface area contributed by atoms with E-state index >= 15 is 0 Å². The first-order valence-electron chi connectivity index (χ1n) is 6.50. The molecule has 1 aliphatic rings. The van der Waals surface area contributed by atoms with Gasteiger partial charge in [-0.1, -0.05) is 29.8 Å². The number of thioether (sulfide) groups is 1. The molecule has 0 spiro atoms. The fourth-order valence-electron chi connectivity index (χ4n) is 2.19. The predicted molar refractivity (Wildman–Crippen MR) is 76.2 cm³/mol. The van der Waals surface area contributed by atoms with Gasteiger partial charge in [-0.15, -0.1) is 11.8 Å². The lowest BCUT2D eigenvalue weighted by molar-refractivity contribution is -0.205. The van der Waals surface area contributed by atoms with Crippen LogP contribution in [0.25, 0.3) is 0 Å². The molecular weight excluding hydrogens is 280 g/mol. The molecule has 1 saturated heterocycles. The molecule has 2 rings (SSSR count). The Labute approximate surface area is 122 Å². The van der Waals surface area contributed by atoms with E-state index in [9.17, 15) is 15.3 Å². The molecule has 20 heavy (non-hydrogen) atoms. The van der Waals surface area contributed by atoms with Crippen LogP contribution in [0.3, 0.4) is 0 Å². The summed E-state index contributed by atoms with van der Waals surface area (Å²) < 4.78 is 5.44. The van der Waals surface area contributed by atoms with E-state index in [4.69, 9.17) is 9.84 Å². The number of hydrogen-bond acceptors (Lipinski definition) is 6. The van der Waals surface area contributed by atoms with E-state index in [0.717, 1.165) is 11.1 Å². The van der Waals surface area contributed by atoms with E-state index in [1.165, 1.54) is 11.8 Å². The molecule has 1 heterocycles. The SMILES string of the molecule is Cc1cccc(CS[C@@H]2O[C@H](CO)[C@@H](O)[C@H](O)[C@H]2O)c1. The van der Waals surface area contributed by atoms with E-state index in [0.29, 0.717) is 5.75 Å². The Balaban J connectivity index is 1.97. The Morgan fingerprint density at radius 2 is 1.90 bits per heavy atom. The normalized spacial score (nSPS) is 34.1. The van der Waals surface area contributed by atoms with E-state index < -0.39 is 36.5 Å². The third kappa shape index (κ3) is 3.52. The molecule has 0 unspecified atom stereocenters. The van der Waals surface area contributed by atoms with Gasteiger partial charge >= 0.3 is 0 Å². The highest BCUT2D eigenvalue weighted by molar-refractivity contribution is 7.99. The zero-order valence-electron chi connectivity index (χ0n) is 11.2. The van der Waals surface area contributed by atoms with Crippen molar-refractivity contribution < 1.29 is 25.2 Å². The number of hydrogen-bond donors (Lipinski definition) is 4. The molecule has 0 aliphatic carbocycles. The minimum Gasteiger partial charge on any atom is -0.394 e. The van der Waals surface area contributed by atoms with Gasteiger partial charge < -0.3 is 25.2 Å². The second-order valence-electron chi connectivity index (χ2n) is 5.00. The standard InChI is InChI=1S/C14H20O5S/c1-8-3-2-4-9(5-8)7-20-14-13(18)12(17)11(16)10(6-15)19-14/h2-5,10-18H,6-7H2,1H3/t10-,11-,12+,13-,14+/m1/s1. The topological polar surface area (TPSA) is 90.2 Å². The van der Waals surface area contributed by atoms with Crippen LogP contribution in [-0.4, -0.2) is 56.9 Å². The molecule has 6 heteroatoms. The molecule has 0 bridgehead atoms. The smallest absolute Gasteiger partial charge is 0.132 e.